The van der Waals surface area contributed by atoms with E-state index in [0.29, 0.717) is 11.5 Å². The molecule has 0 aliphatic heterocycles. The molecule has 0 saturated heterocycles. The zero-order chi connectivity index (χ0) is 11.3. The molecule has 0 heterocycles. The van der Waals surface area contributed by atoms with E-state index in [4.69, 9.17) is 15.2 Å². The maximum absolute atomic E-state index is 10.5. The van der Waals surface area contributed by atoms with E-state index in [1.165, 1.54) is 0 Å². The van der Waals surface area contributed by atoms with Gasteiger partial charge in [0.25, 0.3) is 0 Å². The fourth-order valence-corrected chi connectivity index (χ4v) is 1.51. The first-order valence-electron chi connectivity index (χ1n) is 4.11. The van der Waals surface area contributed by atoms with Crippen molar-refractivity contribution in [3.05, 3.63) is 18.2 Å². The molecule has 0 bridgehead atoms. The van der Waals surface area contributed by atoms with E-state index < -0.39 is 6.03 Å². The molecule has 0 unspecified atom stereocenters. The van der Waals surface area contributed by atoms with E-state index in [2.05, 4.69) is 4.72 Å². The minimum absolute atomic E-state index is 0.588. The first-order chi connectivity index (χ1) is 7.17. The zero-order valence-corrected chi connectivity index (χ0v) is 9.26. The van der Waals surface area contributed by atoms with Crippen LogP contribution in [0.25, 0.3) is 0 Å². The minimum atomic E-state index is -0.588. The summed E-state index contributed by atoms with van der Waals surface area (Å²) in [5.74, 6) is 1.25. The van der Waals surface area contributed by atoms with Gasteiger partial charge in [-0.25, -0.2) is 4.79 Å². The molecule has 1 rings (SSSR count). The first-order valence-corrected chi connectivity index (χ1v) is 4.93. The fraction of sp³-hybridized carbons (Fsp3) is 0.222. The van der Waals surface area contributed by atoms with Gasteiger partial charge in [0.2, 0.25) is 0 Å². The molecule has 0 saturated carbocycles. The fourth-order valence-electron chi connectivity index (χ4n) is 0.989. The normalized spacial score (nSPS) is 9.47. The van der Waals surface area contributed by atoms with Crippen LogP contribution in [0.2, 0.25) is 0 Å². The van der Waals surface area contributed by atoms with Gasteiger partial charge in [-0.3, -0.25) is 4.72 Å². The number of hydrogen-bond acceptors (Lipinski definition) is 4. The van der Waals surface area contributed by atoms with Crippen LogP contribution in [0.5, 0.6) is 11.5 Å². The van der Waals surface area contributed by atoms with E-state index in [1.807, 2.05) is 0 Å². The Bertz CT molecular complexity index is 357. The minimum Gasteiger partial charge on any atom is -0.493 e. The van der Waals surface area contributed by atoms with Crippen LogP contribution < -0.4 is 19.9 Å². The van der Waals surface area contributed by atoms with Crippen molar-refractivity contribution in [2.45, 2.75) is 4.90 Å². The van der Waals surface area contributed by atoms with E-state index in [0.717, 1.165) is 16.8 Å². The van der Waals surface area contributed by atoms with Crippen molar-refractivity contribution in [2.24, 2.45) is 5.73 Å². The quantitative estimate of drug-likeness (QED) is 0.763. The monoisotopic (exact) mass is 228 g/mol. The molecule has 0 spiro atoms. The van der Waals surface area contributed by atoms with Gasteiger partial charge in [-0.1, -0.05) is 0 Å². The highest BCUT2D eigenvalue weighted by Crippen LogP contribution is 2.30. The van der Waals surface area contributed by atoms with Crippen LogP contribution in [0, 0.1) is 0 Å². The van der Waals surface area contributed by atoms with Crippen molar-refractivity contribution in [3.8, 4) is 11.5 Å². The number of nitrogens with one attached hydrogen (secondary N) is 1. The summed E-state index contributed by atoms with van der Waals surface area (Å²) in [6.45, 7) is 0. The summed E-state index contributed by atoms with van der Waals surface area (Å²) < 4.78 is 12.6. The second-order valence-electron chi connectivity index (χ2n) is 2.59. The molecule has 0 aliphatic rings. The van der Waals surface area contributed by atoms with Gasteiger partial charge >= 0.3 is 6.03 Å². The third-order valence-electron chi connectivity index (χ3n) is 1.62. The number of rotatable bonds is 4. The largest absolute Gasteiger partial charge is 0.493 e. The predicted molar refractivity (Wildman–Crippen MR) is 58.1 cm³/mol. The lowest BCUT2D eigenvalue weighted by Gasteiger charge is -2.08. The molecule has 15 heavy (non-hydrogen) atoms. The maximum atomic E-state index is 10.5. The van der Waals surface area contributed by atoms with E-state index in [1.54, 1.807) is 32.4 Å². The van der Waals surface area contributed by atoms with Gasteiger partial charge in [-0.2, -0.15) is 0 Å². The lowest BCUT2D eigenvalue weighted by molar-refractivity contribution is 0.254. The Morgan fingerprint density at radius 3 is 2.53 bits per heavy atom. The van der Waals surface area contributed by atoms with Gasteiger partial charge in [-0.05, 0) is 30.1 Å². The molecule has 0 radical (unpaired) electrons. The van der Waals surface area contributed by atoms with Gasteiger partial charge in [0, 0.05) is 4.90 Å². The van der Waals surface area contributed by atoms with Crippen molar-refractivity contribution in [3.63, 3.8) is 0 Å². The number of amides is 2. The number of benzene rings is 1. The van der Waals surface area contributed by atoms with Crippen LogP contribution in [0.3, 0.4) is 0 Å². The molecule has 6 heteroatoms. The summed E-state index contributed by atoms with van der Waals surface area (Å²) in [5.41, 5.74) is 4.94. The van der Waals surface area contributed by atoms with Gasteiger partial charge < -0.3 is 15.2 Å². The molecule has 82 valence electrons. The molecule has 0 aliphatic carbocycles. The summed E-state index contributed by atoms with van der Waals surface area (Å²) in [7, 11) is 3.11. The van der Waals surface area contributed by atoms with E-state index in [-0.39, 0.29) is 0 Å². The third kappa shape index (κ3) is 3.25. The van der Waals surface area contributed by atoms with Gasteiger partial charge in [0.1, 0.15) is 0 Å². The highest BCUT2D eigenvalue weighted by molar-refractivity contribution is 7.98. The number of ether oxygens (including phenoxy) is 2. The number of hydrogen-bond donors (Lipinski definition) is 2. The lowest BCUT2D eigenvalue weighted by atomic mass is 10.3. The molecular formula is C9H12N2O3S. The summed E-state index contributed by atoms with van der Waals surface area (Å²) >= 11 is 1.12. The number of methoxy groups -OCH3 is 2. The molecule has 0 aromatic heterocycles. The molecule has 5 nitrogen and oxygen atoms in total. The molecule has 2 amide bonds. The van der Waals surface area contributed by atoms with Crippen LogP contribution in [0.1, 0.15) is 0 Å². The molecule has 1 aromatic carbocycles. The molecular weight excluding hydrogens is 216 g/mol. The highest BCUT2D eigenvalue weighted by Gasteiger charge is 2.05. The standard InChI is InChI=1S/C9H12N2O3S/c1-13-7-4-3-6(5-8(7)14-2)15-11-9(10)12/h3-5H,1-2H3,(H3,10,11,12). The van der Waals surface area contributed by atoms with Crippen LogP contribution in [0.15, 0.2) is 23.1 Å². The van der Waals surface area contributed by atoms with Gasteiger partial charge in [0.05, 0.1) is 14.2 Å². The van der Waals surface area contributed by atoms with Gasteiger partial charge in [-0.15, -0.1) is 0 Å². The molecule has 0 fully saturated rings. The molecule has 3 N–H and O–H groups in total. The zero-order valence-electron chi connectivity index (χ0n) is 8.44. The van der Waals surface area contributed by atoms with Crippen molar-refractivity contribution in [1.82, 2.24) is 4.72 Å². The topological polar surface area (TPSA) is 73.6 Å². The smallest absolute Gasteiger partial charge is 0.322 e. The van der Waals surface area contributed by atoms with Crippen molar-refractivity contribution in [1.29, 1.82) is 0 Å². The van der Waals surface area contributed by atoms with Crippen LogP contribution in [-0.2, 0) is 0 Å². The Kier molecular flexibility index (Phi) is 4.11. The summed E-state index contributed by atoms with van der Waals surface area (Å²) in [6, 6.07) is 4.71. The van der Waals surface area contributed by atoms with Gasteiger partial charge in [0.15, 0.2) is 11.5 Å². The van der Waals surface area contributed by atoms with Crippen molar-refractivity contribution in [2.75, 3.05) is 14.2 Å². The summed E-state index contributed by atoms with van der Waals surface area (Å²) in [6.07, 6.45) is 0. The summed E-state index contributed by atoms with van der Waals surface area (Å²) in [5, 5.41) is 0. The van der Waals surface area contributed by atoms with E-state index in [9.17, 15) is 4.79 Å². The Balaban J connectivity index is 2.78. The van der Waals surface area contributed by atoms with Crippen LogP contribution in [-0.4, -0.2) is 20.3 Å². The second-order valence-corrected chi connectivity index (χ2v) is 3.46. The maximum Gasteiger partial charge on any atom is 0.322 e. The van der Waals surface area contributed by atoms with Crippen molar-refractivity contribution >= 4 is 18.0 Å². The Morgan fingerprint density at radius 2 is 2.00 bits per heavy atom. The number of carbonyl (C=O) groups is 1. The Morgan fingerprint density at radius 1 is 1.33 bits per heavy atom. The SMILES string of the molecule is COc1ccc(SNC(N)=O)cc1OC. The predicted octanol–water partition coefficient (Wildman–Crippen LogP) is 1.38. The third-order valence-corrected chi connectivity index (χ3v) is 2.42. The first kappa shape index (κ1) is 11.5. The number of carbonyl (C=O) groups excluding carboxylic acids is 1. The lowest BCUT2D eigenvalue weighted by Crippen LogP contribution is -2.22. The Hall–Kier alpha value is -1.56. The molecule has 0 atom stereocenters. The van der Waals surface area contributed by atoms with Crippen LogP contribution in [0.4, 0.5) is 4.79 Å². The molecule has 1 aromatic rings. The van der Waals surface area contributed by atoms with E-state index >= 15 is 0 Å². The average molecular weight is 228 g/mol. The second kappa shape index (κ2) is 5.35. The number of urea groups is 1. The number of primary amides is 1. The van der Waals surface area contributed by atoms with Crippen molar-refractivity contribution < 1.29 is 14.3 Å². The average Bonchev–Trinajstić information content (AvgIpc) is 2.25. The number of nitrogens with two attached hydrogens (primary N) is 1. The summed E-state index contributed by atoms with van der Waals surface area (Å²) in [4.78, 5) is 11.3. The Labute approximate surface area is 92.1 Å². The highest BCUT2D eigenvalue weighted by atomic mass is 32.2. The van der Waals surface area contributed by atoms with Crippen LogP contribution >= 0.6 is 11.9 Å².